The SMILES string of the molecule is Cc1ccc(S(=O)(=O)N[C@H](C)C(=O)Nc2cccc(-c3noc(C4CCCC4)n3)c2)cc1. The van der Waals surface area contributed by atoms with Gasteiger partial charge in [-0.15, -0.1) is 0 Å². The summed E-state index contributed by atoms with van der Waals surface area (Å²) in [6.07, 6.45) is 4.48. The van der Waals surface area contributed by atoms with Gasteiger partial charge in [-0.3, -0.25) is 4.79 Å². The van der Waals surface area contributed by atoms with Gasteiger partial charge in [0.25, 0.3) is 0 Å². The summed E-state index contributed by atoms with van der Waals surface area (Å²) < 4.78 is 32.9. The van der Waals surface area contributed by atoms with Crippen molar-refractivity contribution < 1.29 is 17.7 Å². The van der Waals surface area contributed by atoms with E-state index in [0.717, 1.165) is 18.4 Å². The zero-order valence-corrected chi connectivity index (χ0v) is 18.9. The van der Waals surface area contributed by atoms with Gasteiger partial charge in [-0.25, -0.2) is 8.42 Å². The summed E-state index contributed by atoms with van der Waals surface area (Å²) >= 11 is 0. The van der Waals surface area contributed by atoms with Gasteiger partial charge in [0, 0.05) is 17.2 Å². The summed E-state index contributed by atoms with van der Waals surface area (Å²) in [7, 11) is -3.81. The highest BCUT2D eigenvalue weighted by Gasteiger charge is 2.24. The van der Waals surface area contributed by atoms with Crippen molar-refractivity contribution in [3.05, 3.63) is 60.0 Å². The summed E-state index contributed by atoms with van der Waals surface area (Å²) in [6, 6.07) is 12.5. The largest absolute Gasteiger partial charge is 0.339 e. The summed E-state index contributed by atoms with van der Waals surface area (Å²) in [6.45, 7) is 3.37. The number of anilines is 1. The topological polar surface area (TPSA) is 114 Å². The number of carbonyl (C=O) groups is 1. The first-order valence-corrected chi connectivity index (χ1v) is 12.1. The van der Waals surface area contributed by atoms with Crippen molar-refractivity contribution in [2.24, 2.45) is 0 Å². The molecule has 1 atom stereocenters. The molecule has 0 saturated heterocycles. The molecular formula is C23H26N4O4S. The minimum absolute atomic E-state index is 0.111. The third-order valence-electron chi connectivity index (χ3n) is 5.59. The van der Waals surface area contributed by atoms with Crippen molar-refractivity contribution in [2.45, 2.75) is 56.4 Å². The molecular weight excluding hydrogens is 428 g/mol. The first-order chi connectivity index (χ1) is 15.3. The zero-order valence-electron chi connectivity index (χ0n) is 18.0. The molecule has 168 valence electrons. The lowest BCUT2D eigenvalue weighted by molar-refractivity contribution is -0.117. The van der Waals surface area contributed by atoms with E-state index < -0.39 is 22.0 Å². The Bertz CT molecular complexity index is 1200. The van der Waals surface area contributed by atoms with Gasteiger partial charge in [0.15, 0.2) is 0 Å². The van der Waals surface area contributed by atoms with Gasteiger partial charge in [-0.1, -0.05) is 47.8 Å². The minimum Gasteiger partial charge on any atom is -0.339 e. The Labute approximate surface area is 187 Å². The molecule has 1 heterocycles. The number of benzene rings is 2. The maximum absolute atomic E-state index is 12.6. The highest BCUT2D eigenvalue weighted by Crippen LogP contribution is 2.34. The second-order valence-electron chi connectivity index (χ2n) is 8.16. The Balaban J connectivity index is 1.42. The number of nitrogens with one attached hydrogen (secondary N) is 2. The molecule has 0 unspecified atom stereocenters. The van der Waals surface area contributed by atoms with Crippen molar-refractivity contribution in [2.75, 3.05) is 5.32 Å². The van der Waals surface area contributed by atoms with Crippen LogP contribution in [-0.2, 0) is 14.8 Å². The summed E-state index contributed by atoms with van der Waals surface area (Å²) in [4.78, 5) is 17.2. The zero-order chi connectivity index (χ0) is 22.7. The minimum atomic E-state index is -3.81. The van der Waals surface area contributed by atoms with Crippen molar-refractivity contribution in [1.29, 1.82) is 0 Å². The van der Waals surface area contributed by atoms with Crippen LogP contribution < -0.4 is 10.0 Å². The molecule has 9 heteroatoms. The molecule has 3 aromatic rings. The first-order valence-electron chi connectivity index (χ1n) is 10.7. The van der Waals surface area contributed by atoms with Crippen molar-refractivity contribution in [3.8, 4) is 11.4 Å². The molecule has 2 N–H and O–H groups in total. The number of rotatable bonds is 7. The van der Waals surface area contributed by atoms with E-state index in [1.165, 1.54) is 31.9 Å². The van der Waals surface area contributed by atoms with E-state index in [2.05, 4.69) is 20.2 Å². The van der Waals surface area contributed by atoms with Crippen molar-refractivity contribution in [1.82, 2.24) is 14.9 Å². The van der Waals surface area contributed by atoms with Crippen LogP contribution in [0.5, 0.6) is 0 Å². The van der Waals surface area contributed by atoms with Crippen LogP contribution in [0, 0.1) is 6.92 Å². The maximum atomic E-state index is 12.6. The van der Waals surface area contributed by atoms with Crippen LogP contribution in [0.3, 0.4) is 0 Å². The molecule has 8 nitrogen and oxygen atoms in total. The van der Waals surface area contributed by atoms with Gasteiger partial charge in [0.05, 0.1) is 10.9 Å². The van der Waals surface area contributed by atoms with E-state index in [9.17, 15) is 13.2 Å². The van der Waals surface area contributed by atoms with Crippen LogP contribution in [0.1, 0.15) is 50.0 Å². The summed E-state index contributed by atoms with van der Waals surface area (Å²) in [5, 5.41) is 6.83. The highest BCUT2D eigenvalue weighted by atomic mass is 32.2. The molecule has 1 aromatic heterocycles. The molecule has 0 spiro atoms. The van der Waals surface area contributed by atoms with E-state index in [-0.39, 0.29) is 4.90 Å². The number of amides is 1. The normalized spacial score (nSPS) is 15.6. The van der Waals surface area contributed by atoms with Gasteiger partial charge in [-0.2, -0.15) is 9.71 Å². The second kappa shape index (κ2) is 9.22. The van der Waals surface area contributed by atoms with E-state index in [1.807, 2.05) is 13.0 Å². The van der Waals surface area contributed by atoms with Gasteiger partial charge in [-0.05, 0) is 51.0 Å². The molecule has 0 aliphatic heterocycles. The van der Waals surface area contributed by atoms with Crippen molar-refractivity contribution in [3.63, 3.8) is 0 Å². The molecule has 1 aliphatic carbocycles. The second-order valence-corrected chi connectivity index (χ2v) is 9.88. The lowest BCUT2D eigenvalue weighted by atomic mass is 10.1. The van der Waals surface area contributed by atoms with E-state index >= 15 is 0 Å². The molecule has 1 fully saturated rings. The standard InChI is InChI=1S/C23H26N4O4S/c1-15-10-12-20(13-11-15)32(29,30)27-16(2)22(28)24-19-9-5-8-18(14-19)21-25-23(31-26-21)17-6-3-4-7-17/h5,8-14,16-17,27H,3-4,6-7H2,1-2H3,(H,24,28)/t16-/m1/s1. The molecule has 2 aromatic carbocycles. The average Bonchev–Trinajstić information content (AvgIpc) is 3.46. The monoisotopic (exact) mass is 454 g/mol. The highest BCUT2D eigenvalue weighted by molar-refractivity contribution is 7.89. The predicted molar refractivity (Wildman–Crippen MR) is 121 cm³/mol. The Morgan fingerprint density at radius 3 is 2.56 bits per heavy atom. The fourth-order valence-electron chi connectivity index (χ4n) is 3.75. The van der Waals surface area contributed by atoms with E-state index in [0.29, 0.717) is 28.9 Å². The Morgan fingerprint density at radius 2 is 1.84 bits per heavy atom. The number of aryl methyl sites for hydroxylation is 1. The molecule has 1 saturated carbocycles. The number of sulfonamides is 1. The lowest BCUT2D eigenvalue weighted by Crippen LogP contribution is -2.41. The van der Waals surface area contributed by atoms with E-state index in [1.54, 1.807) is 30.3 Å². The Morgan fingerprint density at radius 1 is 1.12 bits per heavy atom. The van der Waals surface area contributed by atoms with Gasteiger partial charge >= 0.3 is 0 Å². The van der Waals surface area contributed by atoms with Gasteiger partial charge in [0.2, 0.25) is 27.6 Å². The number of hydrogen-bond acceptors (Lipinski definition) is 6. The van der Waals surface area contributed by atoms with Crippen LogP contribution in [0.25, 0.3) is 11.4 Å². The van der Waals surface area contributed by atoms with Crippen LogP contribution >= 0.6 is 0 Å². The third kappa shape index (κ3) is 5.05. The molecule has 32 heavy (non-hydrogen) atoms. The van der Waals surface area contributed by atoms with Crippen molar-refractivity contribution >= 4 is 21.6 Å². The molecule has 0 radical (unpaired) electrons. The summed E-state index contributed by atoms with van der Waals surface area (Å²) in [5.74, 6) is 0.973. The van der Waals surface area contributed by atoms with Gasteiger partial charge < -0.3 is 9.84 Å². The quantitative estimate of drug-likeness (QED) is 0.558. The fourth-order valence-corrected chi connectivity index (χ4v) is 4.95. The number of hydrogen-bond donors (Lipinski definition) is 2. The summed E-state index contributed by atoms with van der Waals surface area (Å²) in [5.41, 5.74) is 2.18. The fraction of sp³-hybridized carbons (Fsp3) is 0.348. The van der Waals surface area contributed by atoms with Gasteiger partial charge in [0.1, 0.15) is 0 Å². The number of carbonyl (C=O) groups excluding carboxylic acids is 1. The first kappa shape index (κ1) is 22.2. The predicted octanol–water partition coefficient (Wildman–Crippen LogP) is 4.01. The van der Waals surface area contributed by atoms with Crippen LogP contribution in [0.15, 0.2) is 57.9 Å². The van der Waals surface area contributed by atoms with Crippen LogP contribution in [-0.4, -0.2) is 30.5 Å². The third-order valence-corrected chi connectivity index (χ3v) is 7.15. The Hall–Kier alpha value is -3.04. The van der Waals surface area contributed by atoms with Crippen LogP contribution in [0.2, 0.25) is 0 Å². The molecule has 4 rings (SSSR count). The Kier molecular flexibility index (Phi) is 6.38. The molecule has 0 bridgehead atoms. The smallest absolute Gasteiger partial charge is 0.242 e. The molecule has 1 amide bonds. The molecule has 1 aliphatic rings. The maximum Gasteiger partial charge on any atom is 0.242 e. The number of nitrogens with zero attached hydrogens (tertiary/aromatic N) is 2. The lowest BCUT2D eigenvalue weighted by Gasteiger charge is -2.15. The number of aromatic nitrogens is 2. The average molecular weight is 455 g/mol. The van der Waals surface area contributed by atoms with Crippen LogP contribution in [0.4, 0.5) is 5.69 Å². The van der Waals surface area contributed by atoms with E-state index in [4.69, 9.17) is 4.52 Å².